The number of hydrogen-bond acceptors (Lipinski definition) is 4. The second kappa shape index (κ2) is 5.14. The van der Waals surface area contributed by atoms with Crippen molar-refractivity contribution in [3.8, 4) is 5.75 Å². The number of rotatable bonds is 4. The van der Waals surface area contributed by atoms with Crippen LogP contribution in [0.4, 0.5) is 4.39 Å². The molecule has 0 aliphatic rings. The molecule has 0 aliphatic heterocycles. The Balaban J connectivity index is 2.04. The van der Waals surface area contributed by atoms with Gasteiger partial charge in [0.15, 0.2) is 0 Å². The molecule has 6 heteroatoms. The fourth-order valence-electron chi connectivity index (χ4n) is 1.39. The Bertz CT molecular complexity index is 565. The molecule has 2 aromatic rings. The number of carboxylic acid groups (broad SMARTS) is 1. The van der Waals surface area contributed by atoms with Gasteiger partial charge in [-0.05, 0) is 31.2 Å². The van der Waals surface area contributed by atoms with Gasteiger partial charge in [0.25, 0.3) is 0 Å². The number of aromatic nitrogens is 1. The van der Waals surface area contributed by atoms with Gasteiger partial charge < -0.3 is 9.84 Å². The summed E-state index contributed by atoms with van der Waals surface area (Å²) < 4.78 is 18.0. The molecule has 0 saturated carbocycles. The van der Waals surface area contributed by atoms with Gasteiger partial charge in [-0.1, -0.05) is 0 Å². The van der Waals surface area contributed by atoms with Crippen LogP contribution in [-0.4, -0.2) is 16.1 Å². The maximum absolute atomic E-state index is 12.7. The number of hydrogen-bond donors (Lipinski definition) is 1. The zero-order chi connectivity index (χ0) is 13.1. The second-order valence-electron chi connectivity index (χ2n) is 3.57. The van der Waals surface area contributed by atoms with Gasteiger partial charge in [-0.25, -0.2) is 14.2 Å². The normalized spacial score (nSPS) is 10.3. The quantitative estimate of drug-likeness (QED) is 0.925. The Kier molecular flexibility index (Phi) is 3.57. The van der Waals surface area contributed by atoms with Gasteiger partial charge in [0.05, 0.1) is 5.69 Å². The van der Waals surface area contributed by atoms with Crippen LogP contribution in [0.2, 0.25) is 0 Å². The number of carboxylic acids is 1. The molecule has 1 aromatic carbocycles. The third-order valence-electron chi connectivity index (χ3n) is 2.21. The van der Waals surface area contributed by atoms with Crippen molar-refractivity contribution < 1.29 is 19.0 Å². The highest BCUT2D eigenvalue weighted by Crippen LogP contribution is 2.20. The van der Waals surface area contributed by atoms with Gasteiger partial charge >= 0.3 is 5.97 Å². The number of carbonyl (C=O) groups is 1. The van der Waals surface area contributed by atoms with Gasteiger partial charge in [-0.2, -0.15) is 0 Å². The van der Waals surface area contributed by atoms with Crippen LogP contribution in [0.1, 0.15) is 20.4 Å². The number of aromatic carboxylic acids is 1. The molecule has 0 aliphatic carbocycles. The van der Waals surface area contributed by atoms with E-state index in [0.29, 0.717) is 16.5 Å². The van der Waals surface area contributed by atoms with Crippen molar-refractivity contribution in [2.75, 3.05) is 0 Å². The maximum Gasteiger partial charge on any atom is 0.347 e. The number of thiazole rings is 1. The van der Waals surface area contributed by atoms with Crippen molar-refractivity contribution in [2.45, 2.75) is 13.5 Å². The number of halogens is 1. The van der Waals surface area contributed by atoms with Crippen LogP contribution in [0.3, 0.4) is 0 Å². The standard InChI is InChI=1S/C12H10FNO3S/c1-7-11(12(15)16)18-10(14-7)6-17-9-4-2-8(13)3-5-9/h2-5H,6H2,1H3,(H,15,16). The van der Waals surface area contributed by atoms with Gasteiger partial charge in [0.1, 0.15) is 28.1 Å². The molecule has 0 radical (unpaired) electrons. The van der Waals surface area contributed by atoms with Crippen LogP contribution in [0.15, 0.2) is 24.3 Å². The van der Waals surface area contributed by atoms with E-state index in [2.05, 4.69) is 4.98 Å². The smallest absolute Gasteiger partial charge is 0.347 e. The molecule has 1 heterocycles. The van der Waals surface area contributed by atoms with E-state index in [0.717, 1.165) is 11.3 Å². The van der Waals surface area contributed by atoms with Crippen molar-refractivity contribution in [2.24, 2.45) is 0 Å². The summed E-state index contributed by atoms with van der Waals surface area (Å²) in [6.07, 6.45) is 0. The molecule has 4 nitrogen and oxygen atoms in total. The first-order valence-corrected chi connectivity index (χ1v) is 5.96. The molecular weight excluding hydrogens is 257 g/mol. The minimum absolute atomic E-state index is 0.171. The summed E-state index contributed by atoms with van der Waals surface area (Å²) in [4.78, 5) is 15.2. The first kappa shape index (κ1) is 12.5. The van der Waals surface area contributed by atoms with Crippen molar-refractivity contribution in [3.63, 3.8) is 0 Å². The van der Waals surface area contributed by atoms with Crippen molar-refractivity contribution in [3.05, 3.63) is 45.7 Å². The van der Waals surface area contributed by atoms with E-state index < -0.39 is 5.97 Å². The van der Waals surface area contributed by atoms with Crippen molar-refractivity contribution >= 4 is 17.3 Å². The summed E-state index contributed by atoms with van der Waals surface area (Å²) in [6.45, 7) is 1.81. The predicted octanol–water partition coefficient (Wildman–Crippen LogP) is 2.87. The lowest BCUT2D eigenvalue weighted by Gasteiger charge is -2.02. The minimum Gasteiger partial charge on any atom is -0.486 e. The minimum atomic E-state index is -0.988. The summed E-state index contributed by atoms with van der Waals surface area (Å²) in [5, 5.41) is 9.46. The highest BCUT2D eigenvalue weighted by molar-refractivity contribution is 7.13. The average Bonchev–Trinajstić information content (AvgIpc) is 2.70. The SMILES string of the molecule is Cc1nc(COc2ccc(F)cc2)sc1C(=O)O. The molecule has 2 rings (SSSR count). The van der Waals surface area contributed by atoms with Crippen LogP contribution in [0.5, 0.6) is 5.75 Å². The monoisotopic (exact) mass is 267 g/mol. The molecule has 18 heavy (non-hydrogen) atoms. The van der Waals surface area contributed by atoms with E-state index in [1.165, 1.54) is 24.3 Å². The highest BCUT2D eigenvalue weighted by atomic mass is 32.1. The molecule has 1 N–H and O–H groups in total. The summed E-state index contributed by atoms with van der Waals surface area (Å²) in [5.74, 6) is -0.806. The first-order chi connectivity index (χ1) is 8.56. The molecule has 0 amide bonds. The average molecular weight is 267 g/mol. The Hall–Kier alpha value is -1.95. The molecule has 94 valence electrons. The molecule has 0 saturated heterocycles. The molecule has 0 atom stereocenters. The third kappa shape index (κ3) is 2.84. The molecule has 0 fully saturated rings. The van der Waals surface area contributed by atoms with Crippen LogP contribution in [0, 0.1) is 12.7 Å². The van der Waals surface area contributed by atoms with Gasteiger partial charge in [-0.15, -0.1) is 11.3 Å². The third-order valence-corrected chi connectivity index (χ3v) is 3.33. The van der Waals surface area contributed by atoms with E-state index in [-0.39, 0.29) is 17.3 Å². The summed E-state index contributed by atoms with van der Waals surface area (Å²) in [7, 11) is 0. The van der Waals surface area contributed by atoms with Gasteiger partial charge in [0, 0.05) is 0 Å². The highest BCUT2D eigenvalue weighted by Gasteiger charge is 2.14. The Morgan fingerprint density at radius 1 is 1.44 bits per heavy atom. The van der Waals surface area contributed by atoms with E-state index in [4.69, 9.17) is 9.84 Å². The Morgan fingerprint density at radius 2 is 2.11 bits per heavy atom. The summed E-state index contributed by atoms with van der Waals surface area (Å²) in [5.41, 5.74) is 0.477. The van der Waals surface area contributed by atoms with Crippen molar-refractivity contribution in [1.82, 2.24) is 4.98 Å². The lowest BCUT2D eigenvalue weighted by Crippen LogP contribution is -1.94. The molecular formula is C12H10FNO3S. The molecule has 0 spiro atoms. The van der Waals surface area contributed by atoms with E-state index >= 15 is 0 Å². The Labute approximate surface area is 107 Å². The van der Waals surface area contributed by atoms with Crippen LogP contribution >= 0.6 is 11.3 Å². The van der Waals surface area contributed by atoms with Crippen molar-refractivity contribution in [1.29, 1.82) is 0 Å². The van der Waals surface area contributed by atoms with Gasteiger partial charge in [-0.3, -0.25) is 0 Å². The van der Waals surface area contributed by atoms with Crippen LogP contribution in [-0.2, 0) is 6.61 Å². The Morgan fingerprint density at radius 3 is 2.67 bits per heavy atom. The molecule has 1 aromatic heterocycles. The number of nitrogens with zero attached hydrogens (tertiary/aromatic N) is 1. The van der Waals surface area contributed by atoms with E-state index in [9.17, 15) is 9.18 Å². The zero-order valence-corrected chi connectivity index (χ0v) is 10.3. The number of benzene rings is 1. The number of aryl methyl sites for hydroxylation is 1. The van der Waals surface area contributed by atoms with E-state index in [1.54, 1.807) is 6.92 Å². The van der Waals surface area contributed by atoms with Crippen LogP contribution < -0.4 is 4.74 Å². The summed E-state index contributed by atoms with van der Waals surface area (Å²) >= 11 is 1.08. The fraction of sp³-hybridized carbons (Fsp3) is 0.167. The first-order valence-electron chi connectivity index (χ1n) is 5.14. The van der Waals surface area contributed by atoms with E-state index in [1.807, 2.05) is 0 Å². The number of ether oxygens (including phenoxy) is 1. The van der Waals surface area contributed by atoms with Gasteiger partial charge in [0.2, 0.25) is 0 Å². The lowest BCUT2D eigenvalue weighted by molar-refractivity contribution is 0.0701. The molecule has 0 unspecified atom stereocenters. The summed E-state index contributed by atoms with van der Waals surface area (Å²) in [6, 6.07) is 5.61. The van der Waals surface area contributed by atoms with Crippen LogP contribution in [0.25, 0.3) is 0 Å². The fourth-order valence-corrected chi connectivity index (χ4v) is 2.21. The zero-order valence-electron chi connectivity index (χ0n) is 9.51. The largest absolute Gasteiger partial charge is 0.486 e. The maximum atomic E-state index is 12.7. The lowest BCUT2D eigenvalue weighted by atomic mass is 10.3. The molecule has 0 bridgehead atoms. The topological polar surface area (TPSA) is 59.4 Å². The second-order valence-corrected chi connectivity index (χ2v) is 4.65. The predicted molar refractivity (Wildman–Crippen MR) is 64.5 cm³/mol.